The van der Waals surface area contributed by atoms with Crippen molar-refractivity contribution in [3.8, 4) is 6.07 Å². The highest BCUT2D eigenvalue weighted by molar-refractivity contribution is 5.26. The quantitative estimate of drug-likeness (QED) is 0.598. The summed E-state index contributed by atoms with van der Waals surface area (Å²) in [7, 11) is 0. The fourth-order valence-corrected chi connectivity index (χ4v) is 2.98. The molecule has 0 aromatic rings. The summed E-state index contributed by atoms with van der Waals surface area (Å²) in [5, 5.41) is 10.5. The van der Waals surface area contributed by atoms with Crippen LogP contribution >= 0.6 is 0 Å². The third-order valence-corrected chi connectivity index (χ3v) is 3.26. The van der Waals surface area contributed by atoms with Crippen molar-refractivity contribution in [1.29, 1.82) is 5.26 Å². The van der Waals surface area contributed by atoms with Crippen molar-refractivity contribution in [1.82, 2.24) is 5.01 Å². The van der Waals surface area contributed by atoms with E-state index in [1.165, 1.54) is 0 Å². The zero-order valence-corrected chi connectivity index (χ0v) is 12.5. The van der Waals surface area contributed by atoms with Crippen molar-refractivity contribution in [3.63, 3.8) is 0 Å². The van der Waals surface area contributed by atoms with Crippen molar-refractivity contribution in [2.24, 2.45) is 22.4 Å². The topological polar surface area (TPSA) is 79.1 Å². The summed E-state index contributed by atoms with van der Waals surface area (Å²) in [5.74, 6) is 5.77. The van der Waals surface area contributed by atoms with Gasteiger partial charge in [-0.1, -0.05) is 27.7 Å². The van der Waals surface area contributed by atoms with Gasteiger partial charge in [0.2, 0.25) is 0 Å². The Labute approximate surface area is 112 Å². The minimum absolute atomic E-state index is 0.0162. The third kappa shape index (κ3) is 3.39. The van der Waals surface area contributed by atoms with Crippen molar-refractivity contribution < 1.29 is 0 Å². The zero-order valence-electron chi connectivity index (χ0n) is 12.5. The van der Waals surface area contributed by atoms with Crippen molar-refractivity contribution in [2.75, 3.05) is 6.54 Å². The Kier molecular flexibility index (Phi) is 6.20. The monoisotopic (exact) mass is 252 g/mol. The molecule has 0 saturated heterocycles. The first kappa shape index (κ1) is 16.8. The Balaban J connectivity index is 0.000000659. The van der Waals surface area contributed by atoms with Gasteiger partial charge in [0.05, 0.1) is 11.5 Å². The fraction of sp³-hybridized carbons (Fsp3) is 0.786. The average molecular weight is 252 g/mol. The normalized spacial score (nSPS) is 31.3. The molecule has 18 heavy (non-hydrogen) atoms. The van der Waals surface area contributed by atoms with Gasteiger partial charge in [-0.05, 0) is 31.6 Å². The number of nitriles is 1. The lowest BCUT2D eigenvalue weighted by Gasteiger charge is -2.67. The van der Waals surface area contributed by atoms with Crippen LogP contribution in [0.4, 0.5) is 0 Å². The summed E-state index contributed by atoms with van der Waals surface area (Å²) in [5.41, 5.74) is 6.57. The van der Waals surface area contributed by atoms with Crippen LogP contribution in [0.1, 0.15) is 53.9 Å². The summed E-state index contributed by atoms with van der Waals surface area (Å²) in [6, 6.07) is 2.38. The van der Waals surface area contributed by atoms with Crippen LogP contribution < -0.4 is 11.6 Å². The molecule has 0 aliphatic heterocycles. The molecule has 2 bridgehead atoms. The van der Waals surface area contributed by atoms with E-state index >= 15 is 0 Å². The second-order valence-electron chi connectivity index (χ2n) is 4.97. The Hall–Kier alpha value is -1.21. The van der Waals surface area contributed by atoms with E-state index in [2.05, 4.69) is 6.07 Å². The summed E-state index contributed by atoms with van der Waals surface area (Å²) in [6.45, 7) is 10.6. The van der Waals surface area contributed by atoms with Crippen molar-refractivity contribution in [2.45, 2.75) is 53.9 Å². The number of allylic oxidation sites excluding steroid dienone is 1. The van der Waals surface area contributed by atoms with Gasteiger partial charge in [0, 0.05) is 18.4 Å². The van der Waals surface area contributed by atoms with E-state index in [0.29, 0.717) is 11.1 Å². The van der Waals surface area contributed by atoms with Gasteiger partial charge in [-0.25, -0.2) is 5.84 Å². The maximum absolute atomic E-state index is 8.85. The van der Waals surface area contributed by atoms with E-state index in [0.717, 1.165) is 25.8 Å². The summed E-state index contributed by atoms with van der Waals surface area (Å²) < 4.78 is 0. The number of nitrogens with zero attached hydrogens (tertiary/aromatic N) is 2. The van der Waals surface area contributed by atoms with Crippen LogP contribution in [0.2, 0.25) is 0 Å². The summed E-state index contributed by atoms with van der Waals surface area (Å²) in [6.07, 6.45) is 4.80. The molecule has 3 aliphatic rings. The van der Waals surface area contributed by atoms with Crippen LogP contribution in [0.25, 0.3) is 0 Å². The molecular weight excluding hydrogens is 224 g/mol. The Morgan fingerprint density at radius 2 is 1.72 bits per heavy atom. The van der Waals surface area contributed by atoms with Gasteiger partial charge in [0.1, 0.15) is 0 Å². The Morgan fingerprint density at radius 3 is 2.06 bits per heavy atom. The van der Waals surface area contributed by atoms with Crippen LogP contribution in [-0.4, -0.2) is 11.6 Å². The van der Waals surface area contributed by atoms with E-state index in [1.54, 1.807) is 11.2 Å². The molecular formula is C14H28N4. The molecule has 4 nitrogen and oxygen atoms in total. The zero-order chi connectivity index (χ0) is 14.4. The molecule has 0 atom stereocenters. The Bertz CT molecular complexity index is 303. The molecule has 3 saturated carbocycles. The van der Waals surface area contributed by atoms with Gasteiger partial charge in [0.25, 0.3) is 0 Å². The van der Waals surface area contributed by atoms with Crippen LogP contribution in [0.3, 0.4) is 0 Å². The lowest BCUT2D eigenvalue weighted by atomic mass is 9.35. The van der Waals surface area contributed by atoms with Crippen LogP contribution in [0, 0.1) is 22.2 Å². The smallest absolute Gasteiger partial charge is 0.0690 e. The molecule has 0 amide bonds. The number of hydrazine groups is 1. The summed E-state index contributed by atoms with van der Waals surface area (Å²) >= 11 is 0. The number of hydrogen-bond acceptors (Lipinski definition) is 4. The lowest BCUT2D eigenvalue weighted by Crippen LogP contribution is -2.65. The second-order valence-corrected chi connectivity index (χ2v) is 4.97. The summed E-state index contributed by atoms with van der Waals surface area (Å²) in [4.78, 5) is 0. The van der Waals surface area contributed by atoms with Gasteiger partial charge < -0.3 is 10.7 Å². The van der Waals surface area contributed by atoms with E-state index in [-0.39, 0.29) is 5.41 Å². The third-order valence-electron chi connectivity index (χ3n) is 3.26. The number of rotatable bonds is 3. The maximum Gasteiger partial charge on any atom is 0.0690 e. The first-order valence-electron chi connectivity index (χ1n) is 6.86. The lowest BCUT2D eigenvalue weighted by molar-refractivity contribution is -0.171. The first-order valence-corrected chi connectivity index (χ1v) is 6.86. The molecule has 4 heteroatoms. The molecule has 104 valence electrons. The van der Waals surface area contributed by atoms with Crippen LogP contribution in [0.15, 0.2) is 11.9 Å². The van der Waals surface area contributed by atoms with Crippen LogP contribution in [0.5, 0.6) is 0 Å². The molecule has 0 radical (unpaired) electrons. The van der Waals surface area contributed by atoms with Gasteiger partial charge >= 0.3 is 0 Å². The van der Waals surface area contributed by atoms with Gasteiger partial charge in [-0.15, -0.1) is 0 Å². The highest BCUT2D eigenvalue weighted by Gasteiger charge is 2.68. The van der Waals surface area contributed by atoms with E-state index in [1.807, 2.05) is 34.6 Å². The standard InChI is InChI=1S/C10H16N4.2C2H6/c1-8(12)2-14(13)7-10-3-9(4-10,5-10)6-11;2*1-2/h2H,3-5,7,12-13H2,1H3;2*1-2H3/b8-2-;;. The first-order chi connectivity index (χ1) is 8.49. The highest BCUT2D eigenvalue weighted by Crippen LogP contribution is 2.72. The molecule has 3 fully saturated rings. The molecule has 0 spiro atoms. The minimum atomic E-state index is 0.0162. The molecule has 0 heterocycles. The minimum Gasteiger partial charge on any atom is -0.401 e. The predicted molar refractivity (Wildman–Crippen MR) is 75.9 cm³/mol. The van der Waals surface area contributed by atoms with Crippen molar-refractivity contribution in [3.05, 3.63) is 11.9 Å². The van der Waals surface area contributed by atoms with Gasteiger partial charge in [0.15, 0.2) is 0 Å². The van der Waals surface area contributed by atoms with E-state index in [9.17, 15) is 0 Å². The van der Waals surface area contributed by atoms with Crippen molar-refractivity contribution >= 4 is 0 Å². The molecule has 0 aromatic heterocycles. The molecule has 0 unspecified atom stereocenters. The average Bonchev–Trinajstić information content (AvgIpc) is 2.26. The van der Waals surface area contributed by atoms with E-state index in [4.69, 9.17) is 16.8 Å². The number of nitrogens with two attached hydrogens (primary N) is 2. The maximum atomic E-state index is 8.85. The predicted octanol–water partition coefficient (Wildman–Crippen LogP) is 2.73. The second kappa shape index (κ2) is 6.65. The fourth-order valence-electron chi connectivity index (χ4n) is 2.98. The molecule has 0 aromatic carbocycles. The SMILES string of the molecule is C/C(N)=C/N(N)CC12CC(C#N)(C1)C2.CC.CC. The largest absolute Gasteiger partial charge is 0.401 e. The molecule has 3 rings (SSSR count). The van der Waals surface area contributed by atoms with Gasteiger partial charge in [-0.2, -0.15) is 5.26 Å². The highest BCUT2D eigenvalue weighted by atomic mass is 15.4. The van der Waals surface area contributed by atoms with Gasteiger partial charge in [-0.3, -0.25) is 0 Å². The van der Waals surface area contributed by atoms with E-state index < -0.39 is 0 Å². The molecule has 4 N–H and O–H groups in total. The number of hydrogen-bond donors (Lipinski definition) is 2. The Morgan fingerprint density at radius 1 is 1.28 bits per heavy atom. The van der Waals surface area contributed by atoms with Crippen LogP contribution in [-0.2, 0) is 0 Å². The molecule has 3 aliphatic carbocycles.